The lowest BCUT2D eigenvalue weighted by atomic mass is 10.2. The monoisotopic (exact) mass is 407 g/mol. The summed E-state index contributed by atoms with van der Waals surface area (Å²) in [7, 11) is 0. The maximum absolute atomic E-state index is 13.5. The molecule has 9 nitrogen and oxygen atoms in total. The standard InChI is InChI=1S/C18H15F2N3O6/c1-10-6-12(23(27)28)3-5-15(10)22-16(24)9-29-17(25)8-21-18(26)13-4-2-11(19)7-14(13)20/h2-7H,8-9H2,1H3,(H,21,26)(H,22,24). The van der Waals surface area contributed by atoms with E-state index in [9.17, 15) is 33.3 Å². The summed E-state index contributed by atoms with van der Waals surface area (Å²) in [5, 5.41) is 15.2. The fraction of sp³-hybridized carbons (Fsp3) is 0.167. The van der Waals surface area contributed by atoms with Crippen LogP contribution >= 0.6 is 0 Å². The van der Waals surface area contributed by atoms with Gasteiger partial charge >= 0.3 is 5.97 Å². The Balaban J connectivity index is 1.80. The molecule has 29 heavy (non-hydrogen) atoms. The van der Waals surface area contributed by atoms with E-state index in [0.29, 0.717) is 17.3 Å². The van der Waals surface area contributed by atoms with Crippen LogP contribution in [0.5, 0.6) is 0 Å². The highest BCUT2D eigenvalue weighted by atomic mass is 19.1. The molecule has 2 aromatic carbocycles. The van der Waals surface area contributed by atoms with Crippen LogP contribution in [0.25, 0.3) is 0 Å². The first kappa shape index (κ1) is 21.4. The molecule has 0 bridgehead atoms. The summed E-state index contributed by atoms with van der Waals surface area (Å²) in [6.45, 7) is 0.244. The molecule has 0 aliphatic heterocycles. The van der Waals surface area contributed by atoms with Gasteiger partial charge in [0.15, 0.2) is 6.61 Å². The van der Waals surface area contributed by atoms with Gasteiger partial charge in [-0.05, 0) is 30.7 Å². The van der Waals surface area contributed by atoms with E-state index in [4.69, 9.17) is 0 Å². The van der Waals surface area contributed by atoms with E-state index in [1.165, 1.54) is 18.2 Å². The number of ether oxygens (including phenoxy) is 1. The van der Waals surface area contributed by atoms with Gasteiger partial charge in [-0.2, -0.15) is 0 Å². The van der Waals surface area contributed by atoms with Crippen molar-refractivity contribution in [1.29, 1.82) is 0 Å². The van der Waals surface area contributed by atoms with Gasteiger partial charge in [-0.3, -0.25) is 24.5 Å². The van der Waals surface area contributed by atoms with E-state index in [0.717, 1.165) is 12.1 Å². The molecule has 0 saturated heterocycles. The number of carbonyl (C=O) groups is 3. The fourth-order valence-corrected chi connectivity index (χ4v) is 2.21. The normalized spacial score (nSPS) is 10.2. The maximum atomic E-state index is 13.5. The van der Waals surface area contributed by atoms with Crippen LogP contribution in [0.15, 0.2) is 36.4 Å². The summed E-state index contributed by atoms with van der Waals surface area (Å²) in [6.07, 6.45) is 0. The van der Waals surface area contributed by atoms with Crippen molar-refractivity contribution in [1.82, 2.24) is 5.32 Å². The Hall–Kier alpha value is -3.89. The van der Waals surface area contributed by atoms with Crippen molar-refractivity contribution in [3.63, 3.8) is 0 Å². The quantitative estimate of drug-likeness (QED) is 0.411. The number of non-ortho nitro benzene ring substituents is 1. The fourth-order valence-electron chi connectivity index (χ4n) is 2.21. The van der Waals surface area contributed by atoms with E-state index in [1.54, 1.807) is 6.92 Å². The highest BCUT2D eigenvalue weighted by molar-refractivity contribution is 5.97. The molecule has 0 aliphatic rings. The largest absolute Gasteiger partial charge is 0.454 e. The summed E-state index contributed by atoms with van der Waals surface area (Å²) in [5.74, 6) is -4.56. The van der Waals surface area contributed by atoms with Crippen molar-refractivity contribution >= 4 is 29.2 Å². The third-order valence-corrected chi connectivity index (χ3v) is 3.63. The number of aryl methyl sites for hydroxylation is 1. The minimum Gasteiger partial charge on any atom is -0.454 e. The number of nitrogens with zero attached hydrogens (tertiary/aromatic N) is 1. The number of carbonyl (C=O) groups excluding carboxylic acids is 3. The van der Waals surface area contributed by atoms with Crippen LogP contribution in [-0.2, 0) is 14.3 Å². The molecule has 0 aromatic heterocycles. The van der Waals surface area contributed by atoms with Gasteiger partial charge in [-0.25, -0.2) is 8.78 Å². The maximum Gasteiger partial charge on any atom is 0.325 e. The molecular formula is C18H15F2N3O6. The van der Waals surface area contributed by atoms with Crippen LogP contribution in [0.2, 0.25) is 0 Å². The van der Waals surface area contributed by atoms with Crippen molar-refractivity contribution in [3.8, 4) is 0 Å². The van der Waals surface area contributed by atoms with Gasteiger partial charge in [0.2, 0.25) is 0 Å². The number of amides is 2. The molecule has 0 aliphatic carbocycles. The zero-order valence-electron chi connectivity index (χ0n) is 15.0. The summed E-state index contributed by atoms with van der Waals surface area (Å²) < 4.78 is 31.0. The first-order chi connectivity index (χ1) is 13.7. The highest BCUT2D eigenvalue weighted by Crippen LogP contribution is 2.21. The first-order valence-electron chi connectivity index (χ1n) is 8.11. The molecule has 2 N–H and O–H groups in total. The van der Waals surface area contributed by atoms with Crippen molar-refractivity contribution in [2.24, 2.45) is 0 Å². The van der Waals surface area contributed by atoms with Crippen molar-refractivity contribution in [2.45, 2.75) is 6.92 Å². The Morgan fingerprint density at radius 1 is 1.14 bits per heavy atom. The van der Waals surface area contributed by atoms with Crippen molar-refractivity contribution < 1.29 is 32.8 Å². The Labute approximate surface area is 162 Å². The van der Waals surface area contributed by atoms with Gasteiger partial charge in [0.25, 0.3) is 17.5 Å². The van der Waals surface area contributed by atoms with Crippen LogP contribution in [0, 0.1) is 28.7 Å². The molecule has 0 unspecified atom stereocenters. The predicted molar refractivity (Wildman–Crippen MR) is 96.1 cm³/mol. The molecule has 152 valence electrons. The Bertz CT molecular complexity index is 980. The highest BCUT2D eigenvalue weighted by Gasteiger charge is 2.15. The molecule has 0 radical (unpaired) electrons. The zero-order valence-corrected chi connectivity index (χ0v) is 15.0. The topological polar surface area (TPSA) is 128 Å². The second-order valence-electron chi connectivity index (χ2n) is 5.77. The molecular weight excluding hydrogens is 392 g/mol. The number of halogens is 2. The van der Waals surface area contributed by atoms with E-state index in [-0.39, 0.29) is 5.69 Å². The number of anilines is 1. The zero-order chi connectivity index (χ0) is 21.6. The minimum atomic E-state index is -1.09. The van der Waals surface area contributed by atoms with E-state index >= 15 is 0 Å². The van der Waals surface area contributed by atoms with Crippen LogP contribution in [0.1, 0.15) is 15.9 Å². The van der Waals surface area contributed by atoms with Crippen molar-refractivity contribution in [3.05, 3.63) is 69.3 Å². The van der Waals surface area contributed by atoms with E-state index < -0.39 is 53.1 Å². The lowest BCUT2D eigenvalue weighted by Crippen LogP contribution is -2.32. The lowest BCUT2D eigenvalue weighted by Gasteiger charge is -2.09. The van der Waals surface area contributed by atoms with Gasteiger partial charge < -0.3 is 15.4 Å². The van der Waals surface area contributed by atoms with Crippen LogP contribution in [0.3, 0.4) is 0 Å². The Morgan fingerprint density at radius 3 is 2.48 bits per heavy atom. The third kappa shape index (κ3) is 6.06. The van der Waals surface area contributed by atoms with E-state index in [1.807, 2.05) is 0 Å². The van der Waals surface area contributed by atoms with Gasteiger partial charge in [0.05, 0.1) is 10.5 Å². The molecule has 2 aromatic rings. The summed E-state index contributed by atoms with van der Waals surface area (Å²) in [6, 6.07) is 6.15. The second kappa shape index (κ2) is 9.35. The number of rotatable bonds is 7. The van der Waals surface area contributed by atoms with E-state index in [2.05, 4.69) is 15.4 Å². The van der Waals surface area contributed by atoms with Gasteiger partial charge in [-0.15, -0.1) is 0 Å². The van der Waals surface area contributed by atoms with Gasteiger partial charge in [0.1, 0.15) is 18.2 Å². The molecule has 0 fully saturated rings. The number of nitro benzene ring substituents is 1. The molecule has 0 heterocycles. The molecule has 0 spiro atoms. The van der Waals surface area contributed by atoms with Crippen LogP contribution in [0.4, 0.5) is 20.2 Å². The van der Waals surface area contributed by atoms with Gasteiger partial charge in [-0.1, -0.05) is 0 Å². The summed E-state index contributed by atoms with van der Waals surface area (Å²) in [4.78, 5) is 45.3. The molecule has 2 amide bonds. The number of hydrogen-bond donors (Lipinski definition) is 2. The average Bonchev–Trinajstić information content (AvgIpc) is 2.65. The predicted octanol–water partition coefficient (Wildman–Crippen LogP) is 2.09. The second-order valence-corrected chi connectivity index (χ2v) is 5.77. The minimum absolute atomic E-state index is 0.139. The molecule has 0 saturated carbocycles. The molecule has 11 heteroatoms. The van der Waals surface area contributed by atoms with Crippen LogP contribution in [-0.4, -0.2) is 35.9 Å². The smallest absolute Gasteiger partial charge is 0.325 e. The Morgan fingerprint density at radius 2 is 1.86 bits per heavy atom. The number of nitro groups is 1. The number of benzene rings is 2. The van der Waals surface area contributed by atoms with Crippen LogP contribution < -0.4 is 10.6 Å². The summed E-state index contributed by atoms with van der Waals surface area (Å²) >= 11 is 0. The number of hydrogen-bond acceptors (Lipinski definition) is 6. The Kier molecular flexibility index (Phi) is 6.90. The van der Waals surface area contributed by atoms with Crippen molar-refractivity contribution in [2.75, 3.05) is 18.5 Å². The summed E-state index contributed by atoms with van der Waals surface area (Å²) in [5.41, 5.74) is 0.148. The average molecular weight is 407 g/mol. The lowest BCUT2D eigenvalue weighted by molar-refractivity contribution is -0.384. The third-order valence-electron chi connectivity index (χ3n) is 3.63. The SMILES string of the molecule is Cc1cc([N+](=O)[O-])ccc1NC(=O)COC(=O)CNC(=O)c1ccc(F)cc1F. The molecule has 2 rings (SSSR count). The number of esters is 1. The van der Waals surface area contributed by atoms with Gasteiger partial charge in [0, 0.05) is 23.9 Å². The first-order valence-corrected chi connectivity index (χ1v) is 8.11. The molecule has 0 atom stereocenters. The number of nitrogens with one attached hydrogen (secondary N) is 2.